The molecule has 5 nitrogen and oxygen atoms in total. The minimum Gasteiger partial charge on any atom is -0.508 e. The molecule has 0 aliphatic heterocycles. The van der Waals surface area contributed by atoms with E-state index < -0.39 is 17.7 Å². The van der Waals surface area contributed by atoms with Crippen LogP contribution in [0.5, 0.6) is 11.5 Å². The smallest absolute Gasteiger partial charge is 0.350 e. The Balaban J connectivity index is 2.92. The molecule has 0 saturated heterocycles. The molecular formula is C13H18O5. The first-order chi connectivity index (χ1) is 8.40. The van der Waals surface area contributed by atoms with Gasteiger partial charge in [0.1, 0.15) is 17.6 Å². The summed E-state index contributed by atoms with van der Waals surface area (Å²) in [6, 6.07) is 5.89. The maximum Gasteiger partial charge on any atom is 0.350 e. The van der Waals surface area contributed by atoms with E-state index in [0.29, 0.717) is 12.4 Å². The molecule has 1 rings (SSSR count). The first-order valence-electron chi connectivity index (χ1n) is 5.73. The highest BCUT2D eigenvalue weighted by Gasteiger charge is 2.42. The molecule has 18 heavy (non-hydrogen) atoms. The van der Waals surface area contributed by atoms with E-state index in [0.717, 1.165) is 0 Å². The Bertz CT molecular complexity index is 400. The molecule has 0 aromatic heterocycles. The van der Waals surface area contributed by atoms with Crippen LogP contribution in [0.25, 0.3) is 0 Å². The number of aromatic hydroxyl groups is 1. The number of carboxylic acids is 1. The highest BCUT2D eigenvalue weighted by atomic mass is 16.6. The first kappa shape index (κ1) is 14.3. The second kappa shape index (κ2) is 5.73. The lowest BCUT2D eigenvalue weighted by Crippen LogP contribution is -2.51. The molecule has 5 heteroatoms. The van der Waals surface area contributed by atoms with Crippen molar-refractivity contribution in [1.29, 1.82) is 0 Å². The number of phenolic OH excluding ortho intramolecular Hbond substituents is 1. The summed E-state index contributed by atoms with van der Waals surface area (Å²) in [7, 11) is 0. The van der Waals surface area contributed by atoms with E-state index in [1.54, 1.807) is 13.8 Å². The predicted molar refractivity (Wildman–Crippen MR) is 65.9 cm³/mol. The minimum absolute atomic E-state index is 0.0947. The molecular weight excluding hydrogens is 236 g/mol. The molecule has 0 amide bonds. The summed E-state index contributed by atoms with van der Waals surface area (Å²) in [6.07, 6.45) is -0.603. The molecule has 2 unspecified atom stereocenters. The molecule has 2 atom stereocenters. The SMILES string of the molecule is CCOC(C)C(C)(Oc1ccc(O)cc1)C(=O)O. The van der Waals surface area contributed by atoms with Crippen molar-refractivity contribution >= 4 is 5.97 Å². The van der Waals surface area contributed by atoms with Gasteiger partial charge < -0.3 is 19.7 Å². The van der Waals surface area contributed by atoms with Gasteiger partial charge in [0, 0.05) is 6.61 Å². The lowest BCUT2D eigenvalue weighted by molar-refractivity contribution is -0.166. The molecule has 100 valence electrons. The van der Waals surface area contributed by atoms with Crippen molar-refractivity contribution in [3.8, 4) is 11.5 Å². The van der Waals surface area contributed by atoms with Crippen LogP contribution in [0, 0.1) is 0 Å². The van der Waals surface area contributed by atoms with E-state index in [1.807, 2.05) is 0 Å². The number of hydrogen-bond acceptors (Lipinski definition) is 4. The lowest BCUT2D eigenvalue weighted by Gasteiger charge is -2.31. The number of aliphatic carboxylic acids is 1. The number of rotatable bonds is 6. The third kappa shape index (κ3) is 3.13. The first-order valence-corrected chi connectivity index (χ1v) is 5.73. The van der Waals surface area contributed by atoms with Crippen molar-refractivity contribution in [2.45, 2.75) is 32.5 Å². The second-order valence-electron chi connectivity index (χ2n) is 4.11. The summed E-state index contributed by atoms with van der Waals surface area (Å²) in [5.41, 5.74) is -1.48. The van der Waals surface area contributed by atoms with Crippen molar-refractivity contribution < 1.29 is 24.5 Å². The van der Waals surface area contributed by atoms with E-state index in [1.165, 1.54) is 31.2 Å². The standard InChI is InChI=1S/C13H18O5/c1-4-17-9(2)13(3,12(15)16)18-11-7-5-10(14)6-8-11/h5-9,14H,4H2,1-3H3,(H,15,16). The van der Waals surface area contributed by atoms with E-state index >= 15 is 0 Å². The second-order valence-corrected chi connectivity index (χ2v) is 4.11. The Kier molecular flexibility index (Phi) is 4.55. The zero-order chi connectivity index (χ0) is 13.8. The number of ether oxygens (including phenoxy) is 2. The molecule has 0 bridgehead atoms. The largest absolute Gasteiger partial charge is 0.508 e. The van der Waals surface area contributed by atoms with Crippen LogP contribution in [-0.2, 0) is 9.53 Å². The Hall–Kier alpha value is -1.75. The minimum atomic E-state index is -1.48. The maximum atomic E-state index is 11.4. The average Bonchev–Trinajstić information content (AvgIpc) is 2.32. The number of benzene rings is 1. The number of hydrogen-bond donors (Lipinski definition) is 2. The zero-order valence-corrected chi connectivity index (χ0v) is 10.7. The average molecular weight is 254 g/mol. The van der Waals surface area contributed by atoms with Gasteiger partial charge in [-0.3, -0.25) is 0 Å². The van der Waals surface area contributed by atoms with Crippen LogP contribution < -0.4 is 4.74 Å². The lowest BCUT2D eigenvalue weighted by atomic mass is 10.00. The fraction of sp³-hybridized carbons (Fsp3) is 0.462. The van der Waals surface area contributed by atoms with Gasteiger partial charge in [-0.1, -0.05) is 0 Å². The molecule has 0 spiro atoms. The molecule has 0 radical (unpaired) electrons. The monoisotopic (exact) mass is 254 g/mol. The van der Waals surface area contributed by atoms with Gasteiger partial charge in [0.25, 0.3) is 0 Å². The van der Waals surface area contributed by atoms with Crippen molar-refractivity contribution in [1.82, 2.24) is 0 Å². The van der Waals surface area contributed by atoms with Gasteiger partial charge in [-0.2, -0.15) is 0 Å². The third-order valence-electron chi connectivity index (χ3n) is 2.78. The molecule has 1 aromatic carbocycles. The summed E-state index contributed by atoms with van der Waals surface area (Å²) in [5, 5.41) is 18.5. The van der Waals surface area contributed by atoms with Gasteiger partial charge >= 0.3 is 5.97 Å². The Labute approximate surface area is 106 Å². The van der Waals surface area contributed by atoms with Crippen molar-refractivity contribution in [2.75, 3.05) is 6.61 Å². The normalized spacial score (nSPS) is 15.7. The van der Waals surface area contributed by atoms with Crippen LogP contribution >= 0.6 is 0 Å². The number of phenols is 1. The van der Waals surface area contributed by atoms with Gasteiger partial charge in [0.15, 0.2) is 0 Å². The van der Waals surface area contributed by atoms with Crippen molar-refractivity contribution in [2.24, 2.45) is 0 Å². The van der Waals surface area contributed by atoms with Gasteiger partial charge in [-0.05, 0) is 45.0 Å². The van der Waals surface area contributed by atoms with E-state index in [2.05, 4.69) is 0 Å². The van der Waals surface area contributed by atoms with Gasteiger partial charge in [0.2, 0.25) is 5.60 Å². The van der Waals surface area contributed by atoms with Gasteiger partial charge in [0.05, 0.1) is 0 Å². The van der Waals surface area contributed by atoms with E-state index in [9.17, 15) is 9.90 Å². The molecule has 0 saturated carbocycles. The van der Waals surface area contributed by atoms with Crippen LogP contribution in [0.1, 0.15) is 20.8 Å². The Morgan fingerprint density at radius 1 is 1.39 bits per heavy atom. The van der Waals surface area contributed by atoms with E-state index in [4.69, 9.17) is 14.6 Å². The van der Waals surface area contributed by atoms with E-state index in [-0.39, 0.29) is 5.75 Å². The molecule has 2 N–H and O–H groups in total. The maximum absolute atomic E-state index is 11.4. The summed E-state index contributed by atoms with van der Waals surface area (Å²) in [5.74, 6) is -0.641. The fourth-order valence-electron chi connectivity index (χ4n) is 1.47. The van der Waals surface area contributed by atoms with Gasteiger partial charge in [-0.15, -0.1) is 0 Å². The third-order valence-corrected chi connectivity index (χ3v) is 2.78. The van der Waals surface area contributed by atoms with Crippen LogP contribution in [0.15, 0.2) is 24.3 Å². The van der Waals surface area contributed by atoms with Crippen LogP contribution in [0.2, 0.25) is 0 Å². The van der Waals surface area contributed by atoms with Crippen LogP contribution in [0.4, 0.5) is 0 Å². The number of carbonyl (C=O) groups is 1. The van der Waals surface area contributed by atoms with Gasteiger partial charge in [-0.25, -0.2) is 4.79 Å². The predicted octanol–water partition coefficient (Wildman–Crippen LogP) is 2.04. The Morgan fingerprint density at radius 2 is 1.94 bits per heavy atom. The topological polar surface area (TPSA) is 76.0 Å². The summed E-state index contributed by atoms with van der Waals surface area (Å²) < 4.78 is 10.8. The fourth-order valence-corrected chi connectivity index (χ4v) is 1.47. The summed E-state index contributed by atoms with van der Waals surface area (Å²) >= 11 is 0. The highest BCUT2D eigenvalue weighted by Crippen LogP contribution is 2.25. The quantitative estimate of drug-likeness (QED) is 0.812. The molecule has 0 aliphatic rings. The summed E-state index contributed by atoms with van der Waals surface area (Å²) in [6.45, 7) is 5.31. The molecule has 0 heterocycles. The van der Waals surface area contributed by atoms with Crippen LogP contribution in [0.3, 0.4) is 0 Å². The zero-order valence-electron chi connectivity index (χ0n) is 10.7. The van der Waals surface area contributed by atoms with Crippen LogP contribution in [-0.4, -0.2) is 34.5 Å². The summed E-state index contributed by atoms with van der Waals surface area (Å²) in [4.78, 5) is 11.4. The molecule has 0 fully saturated rings. The highest BCUT2D eigenvalue weighted by molar-refractivity contribution is 5.78. The Morgan fingerprint density at radius 3 is 2.39 bits per heavy atom. The molecule has 0 aliphatic carbocycles. The molecule has 1 aromatic rings. The van der Waals surface area contributed by atoms with Crippen molar-refractivity contribution in [3.63, 3.8) is 0 Å². The van der Waals surface area contributed by atoms with Crippen molar-refractivity contribution in [3.05, 3.63) is 24.3 Å². The number of carboxylic acid groups (broad SMARTS) is 1.